The summed E-state index contributed by atoms with van der Waals surface area (Å²) in [5, 5.41) is 0. The molecular weight excluding hydrogens is 307 g/mol. The highest BCUT2D eigenvalue weighted by Crippen LogP contribution is 2.28. The average Bonchev–Trinajstić information content (AvgIpc) is 2.38. The smallest absolute Gasteiger partial charge is 0.126 e. The van der Waals surface area contributed by atoms with Crippen molar-refractivity contribution in [1.29, 1.82) is 0 Å². The number of hydrazine groups is 1. The molecule has 1 atom stereocenters. The second-order valence-corrected chi connectivity index (χ2v) is 5.52. The van der Waals surface area contributed by atoms with E-state index in [1.807, 2.05) is 31.2 Å². The van der Waals surface area contributed by atoms with E-state index in [1.165, 1.54) is 6.07 Å². The van der Waals surface area contributed by atoms with E-state index in [-0.39, 0.29) is 11.9 Å². The van der Waals surface area contributed by atoms with Crippen LogP contribution in [-0.2, 0) is 0 Å². The minimum atomic E-state index is -0.229. The van der Waals surface area contributed by atoms with Crippen molar-refractivity contribution in [2.75, 3.05) is 0 Å². The van der Waals surface area contributed by atoms with Crippen LogP contribution >= 0.6 is 15.9 Å². The number of halogens is 2. The van der Waals surface area contributed by atoms with Gasteiger partial charge in [0.25, 0.3) is 0 Å². The zero-order valence-corrected chi connectivity index (χ0v) is 12.5. The van der Waals surface area contributed by atoms with Gasteiger partial charge >= 0.3 is 0 Å². The summed E-state index contributed by atoms with van der Waals surface area (Å²) in [5.74, 6) is 5.44. The third-order valence-corrected chi connectivity index (χ3v) is 3.74. The Kier molecular flexibility index (Phi) is 4.34. The van der Waals surface area contributed by atoms with Crippen molar-refractivity contribution >= 4 is 15.9 Å². The SMILES string of the molecule is Cc1ccc(C(NN)c2cc(Br)ccc2C)cc1F. The maximum absolute atomic E-state index is 13.7. The molecule has 0 fully saturated rings. The van der Waals surface area contributed by atoms with Crippen LogP contribution in [0, 0.1) is 19.7 Å². The van der Waals surface area contributed by atoms with Crippen LogP contribution in [0.25, 0.3) is 0 Å². The van der Waals surface area contributed by atoms with Crippen molar-refractivity contribution in [3.05, 3.63) is 68.9 Å². The molecule has 0 radical (unpaired) electrons. The quantitative estimate of drug-likeness (QED) is 0.667. The first-order chi connectivity index (χ1) is 9.02. The lowest BCUT2D eigenvalue weighted by Gasteiger charge is -2.20. The van der Waals surface area contributed by atoms with Gasteiger partial charge in [-0.15, -0.1) is 0 Å². The van der Waals surface area contributed by atoms with E-state index in [4.69, 9.17) is 5.84 Å². The predicted molar refractivity (Wildman–Crippen MR) is 79.2 cm³/mol. The van der Waals surface area contributed by atoms with Gasteiger partial charge in [0.15, 0.2) is 0 Å². The van der Waals surface area contributed by atoms with Crippen LogP contribution in [0.2, 0.25) is 0 Å². The van der Waals surface area contributed by atoms with E-state index in [0.717, 1.165) is 21.2 Å². The molecule has 3 N–H and O–H groups in total. The highest BCUT2D eigenvalue weighted by molar-refractivity contribution is 9.10. The molecule has 0 aliphatic rings. The zero-order chi connectivity index (χ0) is 14.0. The molecule has 2 aromatic rings. The molecule has 2 rings (SSSR count). The van der Waals surface area contributed by atoms with Gasteiger partial charge in [-0.3, -0.25) is 5.84 Å². The fourth-order valence-corrected chi connectivity index (χ4v) is 2.46. The molecule has 1 unspecified atom stereocenters. The van der Waals surface area contributed by atoms with Gasteiger partial charge < -0.3 is 0 Å². The van der Waals surface area contributed by atoms with E-state index in [0.29, 0.717) is 5.56 Å². The first-order valence-electron chi connectivity index (χ1n) is 6.01. The fraction of sp³-hybridized carbons (Fsp3) is 0.200. The molecule has 0 saturated heterocycles. The summed E-state index contributed by atoms with van der Waals surface area (Å²) in [4.78, 5) is 0. The van der Waals surface area contributed by atoms with Crippen LogP contribution in [-0.4, -0.2) is 0 Å². The summed E-state index contributed by atoms with van der Waals surface area (Å²) in [6.45, 7) is 3.75. The zero-order valence-electron chi connectivity index (χ0n) is 10.9. The number of hydrogen-bond donors (Lipinski definition) is 2. The molecule has 0 bridgehead atoms. The molecule has 100 valence electrons. The predicted octanol–water partition coefficient (Wildman–Crippen LogP) is 3.76. The number of benzene rings is 2. The Morgan fingerprint density at radius 3 is 2.42 bits per heavy atom. The highest BCUT2D eigenvalue weighted by Gasteiger charge is 2.16. The molecule has 0 amide bonds. The molecule has 0 saturated carbocycles. The number of hydrogen-bond acceptors (Lipinski definition) is 2. The summed E-state index contributed by atoms with van der Waals surface area (Å²) in [6.07, 6.45) is 0. The molecule has 0 aromatic heterocycles. The van der Waals surface area contributed by atoms with Gasteiger partial charge in [-0.05, 0) is 54.3 Å². The second kappa shape index (κ2) is 5.82. The number of rotatable bonds is 3. The fourth-order valence-electron chi connectivity index (χ4n) is 2.08. The van der Waals surface area contributed by atoms with Gasteiger partial charge in [-0.1, -0.05) is 34.1 Å². The van der Waals surface area contributed by atoms with Gasteiger partial charge in [-0.2, -0.15) is 0 Å². The molecule has 0 aliphatic carbocycles. The van der Waals surface area contributed by atoms with Crippen LogP contribution in [0.3, 0.4) is 0 Å². The van der Waals surface area contributed by atoms with Crippen LogP contribution in [0.15, 0.2) is 40.9 Å². The van der Waals surface area contributed by atoms with Gasteiger partial charge in [0.2, 0.25) is 0 Å². The normalized spacial score (nSPS) is 12.5. The maximum atomic E-state index is 13.7. The average molecular weight is 323 g/mol. The van der Waals surface area contributed by atoms with Gasteiger partial charge in [-0.25, -0.2) is 9.82 Å². The lowest BCUT2D eigenvalue weighted by atomic mass is 9.95. The van der Waals surface area contributed by atoms with Crippen LogP contribution in [0.4, 0.5) is 4.39 Å². The molecule has 2 nitrogen and oxygen atoms in total. The lowest BCUT2D eigenvalue weighted by Crippen LogP contribution is -2.29. The standard InChI is InChI=1S/C15H16BrFN2/c1-9-4-6-12(16)8-13(9)15(19-18)11-5-3-10(2)14(17)7-11/h3-8,15,19H,18H2,1-2H3. The highest BCUT2D eigenvalue weighted by atomic mass is 79.9. The number of nitrogens with two attached hydrogens (primary N) is 1. The van der Waals surface area contributed by atoms with E-state index >= 15 is 0 Å². The monoisotopic (exact) mass is 322 g/mol. The first-order valence-corrected chi connectivity index (χ1v) is 6.80. The molecule has 0 heterocycles. The Labute approximate surface area is 120 Å². The molecule has 0 spiro atoms. The summed E-state index contributed by atoms with van der Waals surface area (Å²) in [5.41, 5.74) is 6.34. The minimum Gasteiger partial charge on any atom is -0.271 e. The first kappa shape index (κ1) is 14.2. The van der Waals surface area contributed by atoms with Gasteiger partial charge in [0, 0.05) is 4.47 Å². The topological polar surface area (TPSA) is 38.0 Å². The minimum absolute atomic E-state index is 0.217. The molecule has 0 aliphatic heterocycles. The Morgan fingerprint density at radius 1 is 1.11 bits per heavy atom. The Bertz CT molecular complexity index is 599. The largest absolute Gasteiger partial charge is 0.271 e. The van der Waals surface area contributed by atoms with Crippen molar-refractivity contribution in [3.63, 3.8) is 0 Å². The second-order valence-electron chi connectivity index (χ2n) is 4.61. The Morgan fingerprint density at radius 2 is 1.79 bits per heavy atom. The summed E-state index contributed by atoms with van der Waals surface area (Å²) >= 11 is 3.45. The third-order valence-electron chi connectivity index (χ3n) is 3.25. The van der Waals surface area contributed by atoms with Crippen molar-refractivity contribution < 1.29 is 4.39 Å². The number of nitrogens with one attached hydrogen (secondary N) is 1. The van der Waals surface area contributed by atoms with E-state index < -0.39 is 0 Å². The lowest BCUT2D eigenvalue weighted by molar-refractivity contribution is 0.598. The summed E-state index contributed by atoms with van der Waals surface area (Å²) in [7, 11) is 0. The van der Waals surface area contributed by atoms with Gasteiger partial charge in [0.1, 0.15) is 5.82 Å². The summed E-state index contributed by atoms with van der Waals surface area (Å²) in [6, 6.07) is 10.9. The van der Waals surface area contributed by atoms with E-state index in [2.05, 4.69) is 21.4 Å². The van der Waals surface area contributed by atoms with E-state index in [1.54, 1.807) is 13.0 Å². The van der Waals surface area contributed by atoms with Crippen LogP contribution in [0.5, 0.6) is 0 Å². The molecule has 2 aromatic carbocycles. The van der Waals surface area contributed by atoms with Crippen molar-refractivity contribution in [1.82, 2.24) is 5.43 Å². The number of aryl methyl sites for hydroxylation is 2. The molecular formula is C15H16BrFN2. The Balaban J connectivity index is 2.49. The van der Waals surface area contributed by atoms with Crippen molar-refractivity contribution in [2.45, 2.75) is 19.9 Å². The van der Waals surface area contributed by atoms with Crippen molar-refractivity contribution in [2.24, 2.45) is 5.84 Å². The van der Waals surface area contributed by atoms with E-state index in [9.17, 15) is 4.39 Å². The molecule has 19 heavy (non-hydrogen) atoms. The molecule has 4 heteroatoms. The van der Waals surface area contributed by atoms with Crippen molar-refractivity contribution in [3.8, 4) is 0 Å². The third kappa shape index (κ3) is 3.03. The summed E-state index contributed by atoms with van der Waals surface area (Å²) < 4.78 is 14.7. The van der Waals surface area contributed by atoms with Crippen LogP contribution < -0.4 is 11.3 Å². The maximum Gasteiger partial charge on any atom is 0.126 e. The Hall–Kier alpha value is -1.23. The van der Waals surface area contributed by atoms with Gasteiger partial charge in [0.05, 0.1) is 6.04 Å². The van der Waals surface area contributed by atoms with Crippen LogP contribution in [0.1, 0.15) is 28.3 Å².